The van der Waals surface area contributed by atoms with Crippen LogP contribution in [0.2, 0.25) is 5.02 Å². The molecule has 2 aromatic rings. The molecule has 0 aliphatic rings. The van der Waals surface area contributed by atoms with Crippen LogP contribution < -0.4 is 10.1 Å². The quantitative estimate of drug-likeness (QED) is 0.270. The fourth-order valence-electron chi connectivity index (χ4n) is 2.32. The van der Waals surface area contributed by atoms with Crippen LogP contribution in [0.5, 0.6) is 5.75 Å². The van der Waals surface area contributed by atoms with Crippen molar-refractivity contribution in [2.24, 2.45) is 0 Å². The number of nitrogens with one attached hydrogen (secondary N) is 1. The summed E-state index contributed by atoms with van der Waals surface area (Å²) >= 11 is 12.8. The summed E-state index contributed by atoms with van der Waals surface area (Å²) in [6.45, 7) is 3.58. The molecule has 0 saturated heterocycles. The molecule has 0 heterocycles. The number of hydrogen-bond donors (Lipinski definition) is 1. The van der Waals surface area contributed by atoms with Crippen molar-refractivity contribution >= 4 is 67.1 Å². The predicted octanol–water partition coefficient (Wildman–Crippen LogP) is 5.66. The van der Waals surface area contributed by atoms with Crippen LogP contribution in [0.4, 0.5) is 5.69 Å². The molecule has 0 aliphatic carbocycles. The van der Waals surface area contributed by atoms with E-state index >= 15 is 0 Å². The minimum absolute atomic E-state index is 0.0920. The van der Waals surface area contributed by atoms with E-state index in [0.29, 0.717) is 31.0 Å². The lowest BCUT2D eigenvalue weighted by molar-refractivity contribution is -0.145. The first-order valence-electron chi connectivity index (χ1n) is 8.72. The monoisotopic (exact) mass is 554 g/mol. The molecule has 0 fully saturated rings. The highest BCUT2D eigenvalue weighted by molar-refractivity contribution is 9.11. The molecular formula is C21H17Br2ClN2O4. The molecule has 0 unspecified atom stereocenters. The minimum Gasteiger partial charge on any atom is -0.480 e. The summed E-state index contributed by atoms with van der Waals surface area (Å²) in [7, 11) is 0. The fourth-order valence-corrected chi connectivity index (χ4v) is 3.95. The maximum atomic E-state index is 12.5. The van der Waals surface area contributed by atoms with Gasteiger partial charge in [-0.2, -0.15) is 5.26 Å². The van der Waals surface area contributed by atoms with Gasteiger partial charge in [0.2, 0.25) is 0 Å². The Hall–Kier alpha value is -2.34. The van der Waals surface area contributed by atoms with Crippen molar-refractivity contribution in [3.63, 3.8) is 0 Å². The summed E-state index contributed by atoms with van der Waals surface area (Å²) in [4.78, 5) is 24.0. The number of nitrogens with zero attached hydrogens (tertiary/aromatic N) is 1. The fraction of sp³-hybridized carbons (Fsp3) is 0.190. The lowest BCUT2D eigenvalue weighted by atomic mass is 10.1. The van der Waals surface area contributed by atoms with Gasteiger partial charge in [-0.3, -0.25) is 4.79 Å². The first-order chi connectivity index (χ1) is 14.2. The molecule has 0 aliphatic heterocycles. The summed E-state index contributed by atoms with van der Waals surface area (Å²) < 4.78 is 11.4. The Morgan fingerprint density at radius 3 is 2.47 bits per heavy atom. The summed E-state index contributed by atoms with van der Waals surface area (Å²) in [5, 5.41) is 12.6. The Morgan fingerprint density at radius 2 is 1.90 bits per heavy atom. The van der Waals surface area contributed by atoms with E-state index in [0.717, 1.165) is 5.56 Å². The molecule has 9 heteroatoms. The maximum absolute atomic E-state index is 12.5. The van der Waals surface area contributed by atoms with E-state index in [2.05, 4.69) is 37.2 Å². The summed E-state index contributed by atoms with van der Waals surface area (Å²) in [6, 6.07) is 10.3. The lowest BCUT2D eigenvalue weighted by Gasteiger charge is -2.11. The van der Waals surface area contributed by atoms with E-state index in [1.807, 2.05) is 13.0 Å². The molecular weight excluding hydrogens is 540 g/mol. The van der Waals surface area contributed by atoms with Crippen LogP contribution in [0.3, 0.4) is 0 Å². The zero-order chi connectivity index (χ0) is 22.3. The lowest BCUT2D eigenvalue weighted by Crippen LogP contribution is -2.15. The second-order valence-electron chi connectivity index (χ2n) is 6.00. The molecule has 6 nitrogen and oxygen atoms in total. The maximum Gasteiger partial charge on any atom is 0.344 e. The molecule has 1 N–H and O–H groups in total. The number of aryl methyl sites for hydroxylation is 1. The van der Waals surface area contributed by atoms with Crippen LogP contribution >= 0.6 is 43.5 Å². The predicted molar refractivity (Wildman–Crippen MR) is 122 cm³/mol. The zero-order valence-corrected chi connectivity index (χ0v) is 20.0. The molecule has 1 amide bonds. The van der Waals surface area contributed by atoms with Crippen molar-refractivity contribution in [1.82, 2.24) is 0 Å². The van der Waals surface area contributed by atoms with E-state index in [1.165, 1.54) is 6.08 Å². The van der Waals surface area contributed by atoms with Crippen LogP contribution in [0.25, 0.3) is 6.08 Å². The minimum atomic E-state index is -0.563. The molecule has 2 rings (SSSR count). The molecule has 0 atom stereocenters. The van der Waals surface area contributed by atoms with Gasteiger partial charge in [0.25, 0.3) is 5.91 Å². The third-order valence-corrected chi connectivity index (χ3v) is 5.35. The number of rotatable bonds is 7. The number of hydrogen-bond acceptors (Lipinski definition) is 5. The van der Waals surface area contributed by atoms with Gasteiger partial charge < -0.3 is 14.8 Å². The van der Waals surface area contributed by atoms with Crippen molar-refractivity contribution in [2.45, 2.75) is 13.8 Å². The number of carbonyl (C=O) groups is 2. The van der Waals surface area contributed by atoms with Gasteiger partial charge in [-0.15, -0.1) is 0 Å². The van der Waals surface area contributed by atoms with E-state index in [4.69, 9.17) is 21.1 Å². The molecule has 30 heavy (non-hydrogen) atoms. The second-order valence-corrected chi connectivity index (χ2v) is 8.11. The number of benzene rings is 2. The van der Waals surface area contributed by atoms with Crippen LogP contribution in [0.1, 0.15) is 18.1 Å². The first kappa shape index (κ1) is 23.9. The Labute approximate surface area is 196 Å². The summed E-state index contributed by atoms with van der Waals surface area (Å²) in [5.41, 5.74) is 1.85. The number of ether oxygens (including phenoxy) is 2. The second kappa shape index (κ2) is 11.2. The van der Waals surface area contributed by atoms with Gasteiger partial charge in [-0.25, -0.2) is 4.79 Å². The molecule has 0 saturated carbocycles. The van der Waals surface area contributed by atoms with Gasteiger partial charge in [0, 0.05) is 10.7 Å². The van der Waals surface area contributed by atoms with Crippen molar-refractivity contribution in [3.8, 4) is 11.8 Å². The smallest absolute Gasteiger partial charge is 0.344 e. The normalized spacial score (nSPS) is 10.9. The Kier molecular flexibility index (Phi) is 8.90. The van der Waals surface area contributed by atoms with Gasteiger partial charge in [0.1, 0.15) is 17.4 Å². The van der Waals surface area contributed by atoms with E-state index < -0.39 is 11.9 Å². The standard InChI is InChI=1S/C21H17Br2ClN2O4/c1-3-29-19(27)11-30-20-16(22)7-13(8-17(20)23)6-14(10-25)21(28)26-15-5-4-12(2)18(24)9-15/h4-9H,3,11H2,1-2H3,(H,26,28)/b14-6-. The molecule has 0 bridgehead atoms. The Morgan fingerprint density at radius 1 is 1.23 bits per heavy atom. The third kappa shape index (κ3) is 6.59. The summed E-state index contributed by atoms with van der Waals surface area (Å²) in [5.74, 6) is -0.648. The molecule has 0 radical (unpaired) electrons. The third-order valence-electron chi connectivity index (χ3n) is 3.77. The highest BCUT2D eigenvalue weighted by Crippen LogP contribution is 2.35. The van der Waals surface area contributed by atoms with E-state index in [-0.39, 0.29) is 18.8 Å². The Bertz CT molecular complexity index is 1020. The zero-order valence-electron chi connectivity index (χ0n) is 16.1. The number of amides is 1. The largest absolute Gasteiger partial charge is 0.480 e. The van der Waals surface area contributed by atoms with Crippen molar-refractivity contribution in [3.05, 3.63) is 61.0 Å². The van der Waals surface area contributed by atoms with Crippen LogP contribution in [0, 0.1) is 18.3 Å². The van der Waals surface area contributed by atoms with Gasteiger partial charge in [0.15, 0.2) is 6.61 Å². The van der Waals surface area contributed by atoms with Crippen molar-refractivity contribution in [1.29, 1.82) is 5.26 Å². The van der Waals surface area contributed by atoms with Gasteiger partial charge >= 0.3 is 5.97 Å². The number of halogens is 3. The average molecular weight is 557 g/mol. The first-order valence-corrected chi connectivity index (χ1v) is 10.7. The number of carbonyl (C=O) groups excluding carboxylic acids is 2. The van der Waals surface area contributed by atoms with E-state index in [1.54, 1.807) is 37.3 Å². The van der Waals surface area contributed by atoms with Gasteiger partial charge in [-0.1, -0.05) is 17.7 Å². The average Bonchev–Trinajstić information content (AvgIpc) is 2.68. The van der Waals surface area contributed by atoms with Gasteiger partial charge in [0.05, 0.1) is 15.6 Å². The van der Waals surface area contributed by atoms with Crippen LogP contribution in [-0.2, 0) is 14.3 Å². The highest BCUT2D eigenvalue weighted by Gasteiger charge is 2.14. The molecule has 2 aromatic carbocycles. The SMILES string of the molecule is CCOC(=O)COc1c(Br)cc(/C=C(/C#N)C(=O)Nc2ccc(C)c(Cl)c2)cc1Br. The Balaban J connectivity index is 2.20. The van der Waals surface area contributed by atoms with Crippen LogP contribution in [-0.4, -0.2) is 25.1 Å². The van der Waals surface area contributed by atoms with Crippen LogP contribution in [0.15, 0.2) is 44.9 Å². The number of anilines is 1. The molecule has 156 valence electrons. The van der Waals surface area contributed by atoms with Crippen molar-refractivity contribution < 1.29 is 19.1 Å². The number of nitriles is 1. The molecule has 0 aromatic heterocycles. The van der Waals surface area contributed by atoms with Gasteiger partial charge in [-0.05, 0) is 87.2 Å². The molecule has 0 spiro atoms. The van der Waals surface area contributed by atoms with Crippen molar-refractivity contribution in [2.75, 3.05) is 18.5 Å². The summed E-state index contributed by atoms with van der Waals surface area (Å²) in [6.07, 6.45) is 1.44. The van der Waals surface area contributed by atoms with E-state index in [9.17, 15) is 14.9 Å². The topological polar surface area (TPSA) is 88.4 Å². The number of esters is 1. The highest BCUT2D eigenvalue weighted by atomic mass is 79.9.